The fourth-order valence-electron chi connectivity index (χ4n) is 2.99. The first-order valence-electron chi connectivity index (χ1n) is 22.2. The summed E-state index contributed by atoms with van der Waals surface area (Å²) in [4.78, 5) is 0. The number of aliphatic hydroxyl groups is 5. The Bertz CT molecular complexity index is 451. The van der Waals surface area contributed by atoms with Crippen molar-refractivity contribution < 1.29 is 152 Å². The second kappa shape index (κ2) is 112. The van der Waals surface area contributed by atoms with Gasteiger partial charge in [0.1, 0.15) is 0 Å². The fraction of sp³-hybridized carbons (Fsp3) is 1.00. The Morgan fingerprint density at radius 3 is 0.470 bits per heavy atom. The van der Waals surface area contributed by atoms with Crippen LogP contribution in [0.5, 0.6) is 0 Å². The fourth-order valence-corrected chi connectivity index (χ4v) is 2.99. The molecule has 0 rings (SSSR count). The van der Waals surface area contributed by atoms with Gasteiger partial charge in [0, 0.05) is 109 Å². The third-order valence-electron chi connectivity index (χ3n) is 5.67. The van der Waals surface area contributed by atoms with Gasteiger partial charge in [-0.2, -0.15) is 0 Å². The maximum absolute atomic E-state index is 9.80. The molecule has 0 aromatic heterocycles. The Hall–Kier alpha value is 2.35. The minimum absolute atomic E-state index is 0. The quantitative estimate of drug-likeness (QED) is 0.0346. The van der Waals surface area contributed by atoms with Gasteiger partial charge < -0.3 is 102 Å². The van der Waals surface area contributed by atoms with Gasteiger partial charge in [-0.1, -0.05) is 0 Å². The molecule has 21 nitrogen and oxygen atoms in total. The third kappa shape index (κ3) is 144. The Balaban J connectivity index is -0.0000000688. The van der Waals surface area contributed by atoms with E-state index in [0.717, 1.165) is 33.0 Å². The molecular weight excluding hydrogens is 1130 g/mol. The van der Waals surface area contributed by atoms with Gasteiger partial charge in [0.15, 0.2) is 0 Å². The number of ether oxygens (including phenoxy) is 14. The number of hydrogen-bond acceptors (Lipinski definition) is 21. The van der Waals surface area contributed by atoms with Crippen molar-refractivity contribution in [2.45, 2.75) is 48.5 Å². The standard InChI is InChI=1S/5C6H14O3.2C6H13O3.Ba.Cu.Y/c7*1-2-8-5-6-9-4-3-7;;;/h5*7H,2-6H2,1H3;2*2-6H2,1H3;;;/q;;;;;2*-1;+2;;. The van der Waals surface area contributed by atoms with E-state index in [9.17, 15) is 10.2 Å². The van der Waals surface area contributed by atoms with Gasteiger partial charge in [0.25, 0.3) is 0 Å². The van der Waals surface area contributed by atoms with Gasteiger partial charge in [0.2, 0.25) is 0 Å². The maximum Gasteiger partial charge on any atom is 2.00 e. The molecular formula is C42H96BaCuO21Y. The molecule has 2 radical (unpaired) electrons. The van der Waals surface area contributed by atoms with Crippen LogP contribution in [-0.2, 0) is 116 Å². The summed E-state index contributed by atoms with van der Waals surface area (Å²) in [6, 6.07) is 0. The molecule has 0 aliphatic rings. The van der Waals surface area contributed by atoms with Crippen LogP contribution in [0.25, 0.3) is 0 Å². The second-order valence-corrected chi connectivity index (χ2v) is 10.7. The third-order valence-corrected chi connectivity index (χ3v) is 5.67. The summed E-state index contributed by atoms with van der Waals surface area (Å²) in [6.07, 6.45) is 0. The Morgan fingerprint density at radius 1 is 0.242 bits per heavy atom. The molecule has 0 spiro atoms. The average Bonchev–Trinajstić information content (AvgIpc) is 3.30. The second-order valence-electron chi connectivity index (χ2n) is 10.7. The largest absolute Gasteiger partial charge is 2.00 e. The Kier molecular flexibility index (Phi) is 155. The van der Waals surface area contributed by atoms with Gasteiger partial charge in [0.05, 0.1) is 159 Å². The molecule has 0 bridgehead atoms. The molecule has 0 amide bonds. The summed E-state index contributed by atoms with van der Waals surface area (Å²) in [6.45, 7) is 29.6. The van der Waals surface area contributed by atoms with Crippen LogP contribution in [0.2, 0.25) is 0 Å². The van der Waals surface area contributed by atoms with Crippen molar-refractivity contribution >= 4 is 48.9 Å². The molecule has 0 heterocycles. The van der Waals surface area contributed by atoms with Crippen LogP contribution in [0.1, 0.15) is 48.5 Å². The molecule has 5 N–H and O–H groups in total. The van der Waals surface area contributed by atoms with Crippen LogP contribution < -0.4 is 10.2 Å². The molecule has 0 aliphatic carbocycles. The van der Waals surface area contributed by atoms with Gasteiger partial charge in [-0.25, -0.2) is 0 Å². The summed E-state index contributed by atoms with van der Waals surface area (Å²) >= 11 is 0. The van der Waals surface area contributed by atoms with Crippen LogP contribution in [-0.4, -0.2) is 306 Å². The van der Waals surface area contributed by atoms with Gasteiger partial charge in [-0.3, -0.25) is 0 Å². The number of aliphatic hydroxyl groups excluding tert-OH is 5. The molecule has 0 aromatic carbocycles. The van der Waals surface area contributed by atoms with E-state index in [1.165, 1.54) is 0 Å². The van der Waals surface area contributed by atoms with E-state index in [2.05, 4.69) is 0 Å². The van der Waals surface area contributed by atoms with Crippen LogP contribution in [0, 0.1) is 0 Å². The molecule has 406 valence electrons. The molecule has 0 saturated carbocycles. The Labute approximate surface area is 475 Å². The van der Waals surface area contributed by atoms with E-state index in [4.69, 9.17) is 91.8 Å². The number of hydrogen-bond donors (Lipinski definition) is 5. The molecule has 0 unspecified atom stereocenters. The van der Waals surface area contributed by atoms with E-state index in [1.54, 1.807) is 0 Å². The van der Waals surface area contributed by atoms with E-state index >= 15 is 0 Å². The average molecular weight is 1230 g/mol. The molecule has 0 atom stereocenters. The monoisotopic (exact) mass is 1230 g/mol. The zero-order valence-corrected chi connectivity index (χ0v) is 50.3. The summed E-state index contributed by atoms with van der Waals surface area (Å²) in [5.74, 6) is 0. The zero-order chi connectivity index (χ0) is 48.6. The predicted molar refractivity (Wildman–Crippen MR) is 242 cm³/mol. The van der Waals surface area contributed by atoms with Crippen molar-refractivity contribution in [1.29, 1.82) is 0 Å². The zero-order valence-electron chi connectivity index (χ0n) is 42.1. The van der Waals surface area contributed by atoms with Crippen molar-refractivity contribution in [2.75, 3.05) is 231 Å². The molecule has 0 saturated heterocycles. The summed E-state index contributed by atoms with van der Waals surface area (Å²) in [5.41, 5.74) is 0. The first-order chi connectivity index (χ1) is 30.9. The van der Waals surface area contributed by atoms with Crippen molar-refractivity contribution in [2.24, 2.45) is 0 Å². The van der Waals surface area contributed by atoms with Crippen LogP contribution in [0.3, 0.4) is 0 Å². The SMILES string of the molecule is CCOCCOCCO.CCOCCOCCO.CCOCCOCCO.CCOCCOCCO.CCOCCOCCO.CCOCCOCC[O-].CCOCCOCC[O-].[Ba+2].[Cu].[Y]. The van der Waals surface area contributed by atoms with Crippen molar-refractivity contribution in [3.63, 3.8) is 0 Å². The molecule has 0 fully saturated rings. The predicted octanol–water partition coefficient (Wildman–Crippen LogP) is -1.43. The summed E-state index contributed by atoms with van der Waals surface area (Å²) < 4.78 is 69.0. The van der Waals surface area contributed by atoms with Crippen LogP contribution >= 0.6 is 0 Å². The topological polar surface area (TPSA) is 276 Å². The van der Waals surface area contributed by atoms with Crippen LogP contribution in [0.4, 0.5) is 0 Å². The van der Waals surface area contributed by atoms with Gasteiger partial charge in [-0.05, 0) is 48.5 Å². The molecule has 24 heteroatoms. The van der Waals surface area contributed by atoms with Gasteiger partial charge in [-0.15, -0.1) is 13.2 Å². The van der Waals surface area contributed by atoms with Crippen LogP contribution in [0.15, 0.2) is 0 Å². The molecule has 0 aromatic rings. The normalized spacial score (nSPS) is 9.55. The van der Waals surface area contributed by atoms with E-state index in [1.807, 2.05) is 48.5 Å². The first kappa shape index (κ1) is 91.1. The summed E-state index contributed by atoms with van der Waals surface area (Å²) in [7, 11) is 0. The molecule has 66 heavy (non-hydrogen) atoms. The minimum Gasteiger partial charge on any atom is -0.853 e. The number of rotatable bonds is 42. The van der Waals surface area contributed by atoms with Crippen molar-refractivity contribution in [3.05, 3.63) is 0 Å². The van der Waals surface area contributed by atoms with Crippen molar-refractivity contribution in [3.8, 4) is 0 Å². The summed E-state index contributed by atoms with van der Waals surface area (Å²) in [5, 5.41) is 60.9. The maximum atomic E-state index is 9.80. The Morgan fingerprint density at radius 2 is 0.364 bits per heavy atom. The minimum atomic E-state index is -0.161. The first-order valence-corrected chi connectivity index (χ1v) is 22.2. The van der Waals surface area contributed by atoms with E-state index in [0.29, 0.717) is 152 Å². The van der Waals surface area contributed by atoms with E-state index in [-0.39, 0.29) is 145 Å². The van der Waals surface area contributed by atoms with Gasteiger partial charge >= 0.3 is 48.9 Å². The van der Waals surface area contributed by atoms with Crippen molar-refractivity contribution in [1.82, 2.24) is 0 Å². The molecule has 0 aliphatic heterocycles. The smallest absolute Gasteiger partial charge is 0.853 e. The van der Waals surface area contributed by atoms with E-state index < -0.39 is 0 Å².